The van der Waals surface area contributed by atoms with Crippen LogP contribution in [0.5, 0.6) is 0 Å². The van der Waals surface area contributed by atoms with E-state index < -0.39 is 0 Å². The van der Waals surface area contributed by atoms with Crippen molar-refractivity contribution in [2.24, 2.45) is 28.6 Å². The monoisotopic (exact) mass is 302 g/mol. The van der Waals surface area contributed by atoms with Crippen LogP contribution in [0, 0.1) is 28.6 Å². The van der Waals surface area contributed by atoms with Gasteiger partial charge in [-0.05, 0) is 79.1 Å². The number of rotatable bonds is 0. The molecule has 22 heavy (non-hydrogen) atoms. The third-order valence-corrected chi connectivity index (χ3v) is 8.09. The maximum Gasteiger partial charge on any atom is 0.0792 e. The molecule has 0 radical (unpaired) electrons. The number of hydrogen-bond donors (Lipinski definition) is 2. The molecule has 0 aliphatic heterocycles. The Morgan fingerprint density at radius 3 is 2.64 bits per heavy atom. The van der Waals surface area contributed by atoms with Crippen molar-refractivity contribution < 1.29 is 10.2 Å². The summed E-state index contributed by atoms with van der Waals surface area (Å²) in [6, 6.07) is 0. The first-order chi connectivity index (χ1) is 10.4. The molecule has 4 aliphatic rings. The fourth-order valence-corrected chi connectivity index (χ4v) is 6.67. The topological polar surface area (TPSA) is 40.5 Å². The Labute approximate surface area is 134 Å². The van der Waals surface area contributed by atoms with Gasteiger partial charge in [-0.3, -0.25) is 0 Å². The summed E-state index contributed by atoms with van der Waals surface area (Å²) < 4.78 is 0. The zero-order chi connectivity index (χ0) is 15.7. The van der Waals surface area contributed by atoms with Gasteiger partial charge in [0.1, 0.15) is 0 Å². The highest BCUT2D eigenvalue weighted by atomic mass is 16.3. The Morgan fingerprint density at radius 1 is 1.09 bits per heavy atom. The average molecular weight is 302 g/mol. The SMILES string of the molecule is C=C1C=C2CC[C@H]3[C@@H]4CC[C@H](O)[C@@]4(C)CC[C@@H]3[C@@]2(C)C[C@@H]1O. The van der Waals surface area contributed by atoms with E-state index in [2.05, 4.69) is 26.5 Å². The van der Waals surface area contributed by atoms with Crippen LogP contribution in [0.4, 0.5) is 0 Å². The highest BCUT2D eigenvalue weighted by Crippen LogP contribution is 2.65. The van der Waals surface area contributed by atoms with E-state index in [4.69, 9.17) is 0 Å². The van der Waals surface area contributed by atoms with Crippen molar-refractivity contribution in [1.29, 1.82) is 0 Å². The molecule has 3 fully saturated rings. The molecule has 0 spiro atoms. The molecule has 2 heteroatoms. The number of aliphatic hydroxyl groups excluding tert-OH is 2. The molecule has 0 aromatic carbocycles. The van der Waals surface area contributed by atoms with E-state index in [1.807, 2.05) is 0 Å². The molecular formula is C20H30O2. The molecule has 0 saturated heterocycles. The molecule has 0 unspecified atom stereocenters. The van der Waals surface area contributed by atoms with E-state index in [-0.39, 0.29) is 23.0 Å². The van der Waals surface area contributed by atoms with Crippen molar-refractivity contribution in [3.63, 3.8) is 0 Å². The summed E-state index contributed by atoms with van der Waals surface area (Å²) in [7, 11) is 0. The number of fused-ring (bicyclic) bond motifs is 5. The Bertz CT molecular complexity index is 536. The van der Waals surface area contributed by atoms with Crippen LogP contribution in [0.15, 0.2) is 23.8 Å². The van der Waals surface area contributed by atoms with Crippen molar-refractivity contribution in [2.45, 2.75) is 71.0 Å². The third kappa shape index (κ3) is 1.80. The van der Waals surface area contributed by atoms with Crippen molar-refractivity contribution in [2.75, 3.05) is 0 Å². The van der Waals surface area contributed by atoms with Crippen LogP contribution >= 0.6 is 0 Å². The smallest absolute Gasteiger partial charge is 0.0792 e. The highest BCUT2D eigenvalue weighted by Gasteiger charge is 2.59. The maximum absolute atomic E-state index is 10.5. The lowest BCUT2D eigenvalue weighted by atomic mass is 9.47. The predicted molar refractivity (Wildman–Crippen MR) is 88.2 cm³/mol. The van der Waals surface area contributed by atoms with Gasteiger partial charge in [-0.1, -0.05) is 32.1 Å². The van der Waals surface area contributed by atoms with E-state index in [0.29, 0.717) is 11.8 Å². The standard InChI is InChI=1S/C20H30O2/c1-12-10-13-4-5-14-15-6-7-18(22)19(15,2)9-8-16(14)20(13,3)11-17(12)21/h10,14-18,21-22H,1,4-9,11H2,2-3H3/t14-,15-,16-,17-,18-,19-,20-/m0/s1. The minimum atomic E-state index is -0.366. The van der Waals surface area contributed by atoms with Gasteiger partial charge in [0.2, 0.25) is 0 Å². The second-order valence-corrected chi connectivity index (χ2v) is 8.94. The van der Waals surface area contributed by atoms with Crippen LogP contribution < -0.4 is 0 Å². The van der Waals surface area contributed by atoms with E-state index in [1.165, 1.54) is 24.8 Å². The second-order valence-electron chi connectivity index (χ2n) is 8.94. The fourth-order valence-electron chi connectivity index (χ4n) is 6.67. The van der Waals surface area contributed by atoms with Crippen LogP contribution in [0.1, 0.15) is 58.8 Å². The van der Waals surface area contributed by atoms with Gasteiger partial charge in [0.05, 0.1) is 12.2 Å². The van der Waals surface area contributed by atoms with Crippen molar-refractivity contribution in [3.8, 4) is 0 Å². The second kappa shape index (κ2) is 4.70. The maximum atomic E-state index is 10.5. The average Bonchev–Trinajstić information content (AvgIpc) is 2.77. The first-order valence-electron chi connectivity index (χ1n) is 9.12. The van der Waals surface area contributed by atoms with Gasteiger partial charge in [-0.2, -0.15) is 0 Å². The molecule has 2 nitrogen and oxygen atoms in total. The lowest BCUT2D eigenvalue weighted by molar-refractivity contribution is -0.0789. The Balaban J connectivity index is 1.70. The lowest BCUT2D eigenvalue weighted by Crippen LogP contribution is -2.52. The molecule has 2 N–H and O–H groups in total. The number of aliphatic hydroxyl groups is 2. The van der Waals surface area contributed by atoms with Gasteiger partial charge in [0, 0.05) is 0 Å². The van der Waals surface area contributed by atoms with Gasteiger partial charge < -0.3 is 10.2 Å². The fraction of sp³-hybridized carbons (Fsp3) is 0.800. The summed E-state index contributed by atoms with van der Waals surface area (Å²) in [5, 5.41) is 20.9. The van der Waals surface area contributed by atoms with E-state index in [0.717, 1.165) is 37.2 Å². The van der Waals surface area contributed by atoms with Crippen LogP contribution in [0.2, 0.25) is 0 Å². The van der Waals surface area contributed by atoms with Crippen molar-refractivity contribution in [1.82, 2.24) is 0 Å². The van der Waals surface area contributed by atoms with Gasteiger partial charge in [-0.15, -0.1) is 0 Å². The van der Waals surface area contributed by atoms with Crippen LogP contribution in [-0.4, -0.2) is 22.4 Å². The molecule has 0 heterocycles. The van der Waals surface area contributed by atoms with Crippen LogP contribution in [0.3, 0.4) is 0 Å². The van der Waals surface area contributed by atoms with E-state index in [9.17, 15) is 10.2 Å². The van der Waals surface area contributed by atoms with Crippen molar-refractivity contribution in [3.05, 3.63) is 23.8 Å². The lowest BCUT2D eigenvalue weighted by Gasteiger charge is -2.58. The predicted octanol–water partition coefficient (Wildman–Crippen LogP) is 3.84. The van der Waals surface area contributed by atoms with Gasteiger partial charge in [0.25, 0.3) is 0 Å². The molecule has 0 aromatic rings. The minimum absolute atomic E-state index is 0.0973. The summed E-state index contributed by atoms with van der Waals surface area (Å²) in [5.41, 5.74) is 2.74. The first kappa shape index (κ1) is 15.0. The summed E-state index contributed by atoms with van der Waals surface area (Å²) in [5.74, 6) is 2.09. The molecule has 4 rings (SSSR count). The first-order valence-corrected chi connectivity index (χ1v) is 9.12. The summed E-state index contributed by atoms with van der Waals surface area (Å²) in [6.07, 6.45) is 9.56. The zero-order valence-electron chi connectivity index (χ0n) is 14.0. The van der Waals surface area contributed by atoms with E-state index >= 15 is 0 Å². The van der Waals surface area contributed by atoms with Crippen LogP contribution in [-0.2, 0) is 0 Å². The minimum Gasteiger partial charge on any atom is -0.393 e. The quantitative estimate of drug-likeness (QED) is 0.714. The van der Waals surface area contributed by atoms with Gasteiger partial charge in [-0.25, -0.2) is 0 Å². The highest BCUT2D eigenvalue weighted by molar-refractivity contribution is 5.36. The molecule has 3 saturated carbocycles. The molecule has 0 bridgehead atoms. The summed E-state index contributed by atoms with van der Waals surface area (Å²) in [4.78, 5) is 0. The molecule has 7 atom stereocenters. The summed E-state index contributed by atoms with van der Waals surface area (Å²) >= 11 is 0. The molecular weight excluding hydrogens is 272 g/mol. The van der Waals surface area contributed by atoms with E-state index in [1.54, 1.807) is 0 Å². The summed E-state index contributed by atoms with van der Waals surface area (Å²) in [6.45, 7) is 8.75. The molecule has 4 aliphatic carbocycles. The van der Waals surface area contributed by atoms with Crippen LogP contribution in [0.25, 0.3) is 0 Å². The molecule has 0 aromatic heterocycles. The molecule has 122 valence electrons. The Morgan fingerprint density at radius 2 is 1.86 bits per heavy atom. The number of allylic oxidation sites excluding steroid dienone is 1. The Kier molecular flexibility index (Phi) is 3.20. The number of hydrogen-bond acceptors (Lipinski definition) is 2. The third-order valence-electron chi connectivity index (χ3n) is 8.09. The molecule has 0 amide bonds. The van der Waals surface area contributed by atoms with Gasteiger partial charge in [0.15, 0.2) is 0 Å². The van der Waals surface area contributed by atoms with Gasteiger partial charge >= 0.3 is 0 Å². The zero-order valence-corrected chi connectivity index (χ0v) is 14.0. The van der Waals surface area contributed by atoms with Crippen molar-refractivity contribution >= 4 is 0 Å². The Hall–Kier alpha value is -0.600. The largest absolute Gasteiger partial charge is 0.393 e. The normalized spacial score (nSPS) is 54.3.